The lowest BCUT2D eigenvalue weighted by Gasteiger charge is -2.22. The third-order valence-corrected chi connectivity index (χ3v) is 3.76. The maximum Gasteiger partial charge on any atom is 0.159 e. The number of hydrogen-bond acceptors (Lipinski definition) is 3. The number of piperidine rings is 1. The SMILES string of the molecule is Brc1cnc2ncc(C3CCNCC3)cc2c1.Cl.Cl. The van der Waals surface area contributed by atoms with Gasteiger partial charge in [0.1, 0.15) is 0 Å². The van der Waals surface area contributed by atoms with E-state index in [0.717, 1.165) is 28.6 Å². The van der Waals surface area contributed by atoms with Gasteiger partial charge in [-0.15, -0.1) is 24.8 Å². The molecule has 2 aromatic rings. The van der Waals surface area contributed by atoms with Gasteiger partial charge >= 0.3 is 0 Å². The summed E-state index contributed by atoms with van der Waals surface area (Å²) in [6, 6.07) is 4.32. The van der Waals surface area contributed by atoms with Crippen LogP contribution >= 0.6 is 40.7 Å². The Bertz CT molecular complexity index is 544. The van der Waals surface area contributed by atoms with Gasteiger partial charge in [0.2, 0.25) is 0 Å². The van der Waals surface area contributed by atoms with Crippen LogP contribution in [-0.2, 0) is 0 Å². The van der Waals surface area contributed by atoms with Crippen molar-refractivity contribution in [3.63, 3.8) is 0 Å². The minimum atomic E-state index is 0. The second kappa shape index (κ2) is 7.39. The van der Waals surface area contributed by atoms with Crippen LogP contribution in [0.2, 0.25) is 0 Å². The van der Waals surface area contributed by atoms with Crippen LogP contribution in [0, 0.1) is 0 Å². The molecule has 6 heteroatoms. The molecular formula is C13H16BrCl2N3. The third-order valence-electron chi connectivity index (χ3n) is 3.33. The average Bonchev–Trinajstić information content (AvgIpc) is 2.39. The predicted molar refractivity (Wildman–Crippen MR) is 86.6 cm³/mol. The molecule has 0 spiro atoms. The van der Waals surface area contributed by atoms with E-state index in [1.807, 2.05) is 6.20 Å². The summed E-state index contributed by atoms with van der Waals surface area (Å²) in [5.41, 5.74) is 2.17. The van der Waals surface area contributed by atoms with E-state index in [1.54, 1.807) is 6.20 Å². The molecular weight excluding hydrogens is 349 g/mol. The van der Waals surface area contributed by atoms with Crippen molar-refractivity contribution in [3.8, 4) is 0 Å². The van der Waals surface area contributed by atoms with Crippen molar-refractivity contribution in [2.75, 3.05) is 13.1 Å². The molecule has 3 nitrogen and oxygen atoms in total. The van der Waals surface area contributed by atoms with Gasteiger partial charge < -0.3 is 5.32 Å². The number of aromatic nitrogens is 2. The molecule has 2 aromatic heterocycles. The highest BCUT2D eigenvalue weighted by atomic mass is 79.9. The summed E-state index contributed by atoms with van der Waals surface area (Å²) in [6.45, 7) is 2.22. The van der Waals surface area contributed by atoms with Gasteiger partial charge in [-0.3, -0.25) is 0 Å². The molecule has 19 heavy (non-hydrogen) atoms. The van der Waals surface area contributed by atoms with E-state index >= 15 is 0 Å². The van der Waals surface area contributed by atoms with Crippen molar-refractivity contribution >= 4 is 51.8 Å². The van der Waals surface area contributed by atoms with E-state index in [2.05, 4.69) is 43.3 Å². The van der Waals surface area contributed by atoms with E-state index < -0.39 is 0 Å². The summed E-state index contributed by atoms with van der Waals surface area (Å²) in [5.74, 6) is 0.645. The summed E-state index contributed by atoms with van der Waals surface area (Å²) in [5, 5.41) is 4.51. The zero-order chi connectivity index (χ0) is 11.7. The lowest BCUT2D eigenvalue weighted by molar-refractivity contribution is 0.460. The van der Waals surface area contributed by atoms with Gasteiger partial charge in [0.25, 0.3) is 0 Å². The molecule has 0 atom stereocenters. The number of rotatable bonds is 1. The zero-order valence-electron chi connectivity index (χ0n) is 10.3. The molecule has 1 fully saturated rings. The van der Waals surface area contributed by atoms with Gasteiger partial charge in [-0.1, -0.05) is 0 Å². The number of hydrogen-bond donors (Lipinski definition) is 1. The fourth-order valence-corrected chi connectivity index (χ4v) is 2.74. The quantitative estimate of drug-likeness (QED) is 0.838. The van der Waals surface area contributed by atoms with E-state index in [0.29, 0.717) is 5.92 Å². The Morgan fingerprint density at radius 3 is 2.47 bits per heavy atom. The lowest BCUT2D eigenvalue weighted by atomic mass is 9.91. The first-order valence-corrected chi connectivity index (χ1v) is 6.74. The largest absolute Gasteiger partial charge is 0.317 e. The number of nitrogens with one attached hydrogen (secondary N) is 1. The fraction of sp³-hybridized carbons (Fsp3) is 0.385. The predicted octanol–water partition coefficient (Wildman–Crippen LogP) is 3.70. The van der Waals surface area contributed by atoms with Crippen LogP contribution in [0.4, 0.5) is 0 Å². The van der Waals surface area contributed by atoms with Crippen LogP contribution in [0.25, 0.3) is 11.0 Å². The zero-order valence-corrected chi connectivity index (χ0v) is 13.5. The van der Waals surface area contributed by atoms with E-state index in [9.17, 15) is 0 Å². The third kappa shape index (κ3) is 3.78. The second-order valence-corrected chi connectivity index (χ2v) is 5.41. The van der Waals surface area contributed by atoms with Gasteiger partial charge in [-0.05, 0) is 65.5 Å². The molecule has 0 bridgehead atoms. The summed E-state index contributed by atoms with van der Waals surface area (Å²) in [6.07, 6.45) is 6.18. The van der Waals surface area contributed by atoms with Crippen LogP contribution in [0.1, 0.15) is 24.3 Å². The van der Waals surface area contributed by atoms with Crippen LogP contribution in [-0.4, -0.2) is 23.1 Å². The monoisotopic (exact) mass is 363 g/mol. The minimum Gasteiger partial charge on any atom is -0.317 e. The lowest BCUT2D eigenvalue weighted by Crippen LogP contribution is -2.26. The van der Waals surface area contributed by atoms with Crippen molar-refractivity contribution in [2.45, 2.75) is 18.8 Å². The Morgan fingerprint density at radius 2 is 1.74 bits per heavy atom. The Hall–Kier alpha value is -0.420. The molecule has 0 amide bonds. The second-order valence-electron chi connectivity index (χ2n) is 4.49. The molecule has 1 N–H and O–H groups in total. The highest BCUT2D eigenvalue weighted by Gasteiger charge is 2.15. The van der Waals surface area contributed by atoms with Crippen molar-refractivity contribution < 1.29 is 0 Å². The van der Waals surface area contributed by atoms with Gasteiger partial charge in [-0.25, -0.2) is 9.97 Å². The summed E-state index contributed by atoms with van der Waals surface area (Å²) in [4.78, 5) is 8.74. The molecule has 0 aliphatic carbocycles. The van der Waals surface area contributed by atoms with Crippen molar-refractivity contribution in [3.05, 3.63) is 34.6 Å². The molecule has 1 aliphatic rings. The van der Waals surface area contributed by atoms with Gasteiger partial charge in [-0.2, -0.15) is 0 Å². The first-order chi connectivity index (χ1) is 8.33. The Balaban J connectivity index is 0.000000902. The number of halogens is 3. The van der Waals surface area contributed by atoms with E-state index in [4.69, 9.17) is 0 Å². The first-order valence-electron chi connectivity index (χ1n) is 5.95. The summed E-state index contributed by atoms with van der Waals surface area (Å²) >= 11 is 3.45. The van der Waals surface area contributed by atoms with E-state index in [1.165, 1.54) is 18.4 Å². The minimum absolute atomic E-state index is 0. The van der Waals surface area contributed by atoms with Crippen LogP contribution in [0.5, 0.6) is 0 Å². The molecule has 0 saturated carbocycles. The Kier molecular flexibility index (Phi) is 6.47. The van der Waals surface area contributed by atoms with Crippen LogP contribution in [0.3, 0.4) is 0 Å². The van der Waals surface area contributed by atoms with Crippen molar-refractivity contribution in [1.82, 2.24) is 15.3 Å². The highest BCUT2D eigenvalue weighted by Crippen LogP contribution is 2.27. The van der Waals surface area contributed by atoms with Gasteiger partial charge in [0, 0.05) is 22.3 Å². The molecule has 0 aromatic carbocycles. The summed E-state index contributed by atoms with van der Waals surface area (Å²) in [7, 11) is 0. The van der Waals surface area contributed by atoms with Gasteiger partial charge in [0.15, 0.2) is 5.65 Å². The normalized spacial score (nSPS) is 15.6. The van der Waals surface area contributed by atoms with Crippen LogP contribution < -0.4 is 5.32 Å². The van der Waals surface area contributed by atoms with Crippen molar-refractivity contribution in [2.24, 2.45) is 0 Å². The standard InChI is InChI=1S/C13H14BrN3.2ClH/c14-12-6-10-5-11(7-16-13(10)17-8-12)9-1-3-15-4-2-9;;/h5-9,15H,1-4H2;2*1H. The highest BCUT2D eigenvalue weighted by molar-refractivity contribution is 9.10. The summed E-state index contributed by atoms with van der Waals surface area (Å²) < 4.78 is 1.01. The molecule has 1 saturated heterocycles. The molecule has 3 heterocycles. The number of pyridine rings is 2. The topological polar surface area (TPSA) is 37.8 Å². The average molecular weight is 365 g/mol. The Labute approximate surface area is 133 Å². The Morgan fingerprint density at radius 1 is 1.05 bits per heavy atom. The first kappa shape index (κ1) is 16.6. The van der Waals surface area contributed by atoms with E-state index in [-0.39, 0.29) is 24.8 Å². The maximum atomic E-state index is 4.45. The molecule has 1 aliphatic heterocycles. The maximum absolute atomic E-state index is 4.45. The fourth-order valence-electron chi connectivity index (χ4n) is 2.39. The number of fused-ring (bicyclic) bond motifs is 1. The van der Waals surface area contributed by atoms with Gasteiger partial charge in [0.05, 0.1) is 0 Å². The van der Waals surface area contributed by atoms with Crippen LogP contribution in [0.15, 0.2) is 29.0 Å². The van der Waals surface area contributed by atoms with Crippen molar-refractivity contribution in [1.29, 1.82) is 0 Å². The molecule has 104 valence electrons. The smallest absolute Gasteiger partial charge is 0.159 e. The molecule has 3 rings (SSSR count). The number of nitrogens with zero attached hydrogens (tertiary/aromatic N) is 2. The molecule has 0 unspecified atom stereocenters. The molecule has 0 radical (unpaired) electrons.